The lowest BCUT2D eigenvalue weighted by Crippen LogP contribution is -2.25. The molecule has 1 aromatic heterocycles. The molecule has 1 aromatic carbocycles. The van der Waals surface area contributed by atoms with Crippen molar-refractivity contribution in [3.8, 4) is 5.75 Å². The minimum atomic E-state index is -0.680. The first kappa shape index (κ1) is 14.6. The van der Waals surface area contributed by atoms with E-state index in [1.54, 1.807) is 7.11 Å². The second-order valence-corrected chi connectivity index (χ2v) is 4.81. The van der Waals surface area contributed by atoms with E-state index in [1.165, 1.54) is 12.4 Å². The van der Waals surface area contributed by atoms with Gasteiger partial charge in [0.15, 0.2) is 0 Å². The number of halogens is 1. The first-order valence-corrected chi connectivity index (χ1v) is 6.54. The molecule has 20 heavy (non-hydrogen) atoms. The normalized spacial score (nSPS) is 13.6. The number of methoxy groups -OCH3 is 1. The topological polar surface area (TPSA) is 67.3 Å². The van der Waals surface area contributed by atoms with Crippen LogP contribution < -0.4 is 10.1 Å². The second kappa shape index (κ2) is 6.54. The maximum Gasteiger partial charge on any atom is 0.222 e. The number of aromatic nitrogens is 2. The molecule has 2 rings (SSSR count). The van der Waals surface area contributed by atoms with Crippen molar-refractivity contribution in [1.29, 1.82) is 0 Å². The Kier molecular flexibility index (Phi) is 4.76. The predicted molar refractivity (Wildman–Crippen MR) is 78.1 cm³/mol. The minimum absolute atomic E-state index is 0.246. The molecular formula is C14H16ClN3O2. The average molecular weight is 294 g/mol. The van der Waals surface area contributed by atoms with Gasteiger partial charge in [0.25, 0.3) is 0 Å². The summed E-state index contributed by atoms with van der Waals surface area (Å²) in [6.07, 6.45) is 2.33. The first-order valence-electron chi connectivity index (χ1n) is 6.16. The van der Waals surface area contributed by atoms with E-state index in [1.807, 2.05) is 31.2 Å². The highest BCUT2D eigenvalue weighted by Crippen LogP contribution is 2.21. The fourth-order valence-corrected chi connectivity index (χ4v) is 1.86. The molecule has 0 radical (unpaired) electrons. The molecule has 0 unspecified atom stereocenters. The van der Waals surface area contributed by atoms with Gasteiger partial charge >= 0.3 is 0 Å². The molecule has 106 valence electrons. The maximum atomic E-state index is 10.3. The summed E-state index contributed by atoms with van der Waals surface area (Å²) in [4.78, 5) is 8.07. The molecule has 0 saturated carbocycles. The molecule has 0 aliphatic carbocycles. The number of benzene rings is 1. The first-order chi connectivity index (χ1) is 9.60. The van der Waals surface area contributed by atoms with Crippen LogP contribution >= 0.6 is 11.6 Å². The van der Waals surface area contributed by atoms with Gasteiger partial charge in [-0.25, -0.2) is 9.97 Å². The summed E-state index contributed by atoms with van der Waals surface area (Å²) in [5.74, 6) is 1.18. The zero-order valence-electron chi connectivity index (χ0n) is 11.2. The third-order valence-electron chi connectivity index (χ3n) is 2.91. The Bertz CT molecular complexity index is 545. The van der Waals surface area contributed by atoms with Gasteiger partial charge in [-0.3, -0.25) is 0 Å². The van der Waals surface area contributed by atoms with Crippen molar-refractivity contribution in [3.63, 3.8) is 0 Å². The Labute approximate surface area is 122 Å². The minimum Gasteiger partial charge on any atom is -0.497 e. The molecule has 0 spiro atoms. The molecule has 0 saturated heterocycles. The number of anilines is 1. The molecular weight excluding hydrogens is 278 g/mol. The molecule has 0 aliphatic rings. The quantitative estimate of drug-likeness (QED) is 0.887. The second-order valence-electron chi connectivity index (χ2n) is 4.38. The van der Waals surface area contributed by atoms with Gasteiger partial charge < -0.3 is 15.2 Å². The molecule has 5 nitrogen and oxygen atoms in total. The monoisotopic (exact) mass is 293 g/mol. The highest BCUT2D eigenvalue weighted by molar-refractivity contribution is 6.30. The summed E-state index contributed by atoms with van der Waals surface area (Å²) < 4.78 is 5.09. The molecule has 0 amide bonds. The smallest absolute Gasteiger partial charge is 0.222 e. The number of aliphatic hydroxyl groups is 1. The molecule has 0 aliphatic heterocycles. The lowest BCUT2D eigenvalue weighted by Gasteiger charge is -2.20. The van der Waals surface area contributed by atoms with Crippen molar-refractivity contribution >= 4 is 17.5 Å². The third kappa shape index (κ3) is 3.59. The lowest BCUT2D eigenvalue weighted by molar-refractivity contribution is 0.160. The number of hydrogen-bond donors (Lipinski definition) is 2. The highest BCUT2D eigenvalue weighted by atomic mass is 35.5. The highest BCUT2D eigenvalue weighted by Gasteiger charge is 2.17. The van der Waals surface area contributed by atoms with Gasteiger partial charge in [-0.05, 0) is 24.6 Å². The number of nitrogens with zero attached hydrogens (tertiary/aromatic N) is 2. The van der Waals surface area contributed by atoms with E-state index in [0.29, 0.717) is 11.0 Å². The molecule has 2 atom stereocenters. The molecule has 2 N–H and O–H groups in total. The van der Waals surface area contributed by atoms with Crippen LogP contribution in [0.5, 0.6) is 5.75 Å². The van der Waals surface area contributed by atoms with Gasteiger partial charge in [-0.15, -0.1) is 0 Å². The van der Waals surface area contributed by atoms with Crippen LogP contribution in [0.4, 0.5) is 5.95 Å². The lowest BCUT2D eigenvalue weighted by atomic mass is 10.0. The van der Waals surface area contributed by atoms with Crippen LogP contribution in [0.15, 0.2) is 36.7 Å². The van der Waals surface area contributed by atoms with Gasteiger partial charge in [0.1, 0.15) is 5.75 Å². The average Bonchev–Trinajstić information content (AvgIpc) is 2.49. The van der Waals surface area contributed by atoms with Crippen molar-refractivity contribution in [2.24, 2.45) is 0 Å². The van der Waals surface area contributed by atoms with Crippen molar-refractivity contribution < 1.29 is 9.84 Å². The fourth-order valence-electron chi connectivity index (χ4n) is 1.76. The van der Waals surface area contributed by atoms with Gasteiger partial charge in [0.2, 0.25) is 5.95 Å². The Balaban J connectivity index is 2.03. The van der Waals surface area contributed by atoms with Crippen LogP contribution in [0.1, 0.15) is 18.6 Å². The van der Waals surface area contributed by atoms with Gasteiger partial charge in [0.05, 0.1) is 36.7 Å². The van der Waals surface area contributed by atoms with E-state index in [-0.39, 0.29) is 6.04 Å². The Morgan fingerprint density at radius 2 is 1.80 bits per heavy atom. The molecule has 0 bridgehead atoms. The third-order valence-corrected chi connectivity index (χ3v) is 3.10. The Hall–Kier alpha value is -1.85. The summed E-state index contributed by atoms with van der Waals surface area (Å²) in [5.41, 5.74) is 0.791. The zero-order chi connectivity index (χ0) is 14.5. The predicted octanol–water partition coefficient (Wildman–Crippen LogP) is 2.67. The van der Waals surface area contributed by atoms with Gasteiger partial charge in [-0.2, -0.15) is 0 Å². The van der Waals surface area contributed by atoms with Crippen LogP contribution in [0.2, 0.25) is 5.02 Å². The molecule has 0 fully saturated rings. The van der Waals surface area contributed by atoms with Crippen LogP contribution in [0.3, 0.4) is 0 Å². The van der Waals surface area contributed by atoms with E-state index < -0.39 is 6.10 Å². The number of aliphatic hydroxyl groups excluding tert-OH is 1. The Morgan fingerprint density at radius 3 is 2.35 bits per heavy atom. The molecule has 1 heterocycles. The summed E-state index contributed by atoms with van der Waals surface area (Å²) in [6.45, 7) is 1.85. The maximum absolute atomic E-state index is 10.3. The van der Waals surface area contributed by atoms with Crippen LogP contribution in [0.25, 0.3) is 0 Å². The largest absolute Gasteiger partial charge is 0.497 e. The van der Waals surface area contributed by atoms with E-state index in [4.69, 9.17) is 16.3 Å². The SMILES string of the molecule is COc1ccc([C@H](O)[C@@H](C)Nc2ncc(Cl)cn2)cc1. The van der Waals surface area contributed by atoms with E-state index >= 15 is 0 Å². The number of rotatable bonds is 5. The number of ether oxygens (including phenoxy) is 1. The van der Waals surface area contributed by atoms with Crippen molar-refractivity contribution in [3.05, 3.63) is 47.2 Å². The Morgan fingerprint density at radius 1 is 1.20 bits per heavy atom. The van der Waals surface area contributed by atoms with Crippen LogP contribution in [-0.2, 0) is 0 Å². The standard InChI is InChI=1S/C14H16ClN3O2/c1-9(18-14-16-7-11(15)8-17-14)13(19)10-3-5-12(20-2)6-4-10/h3-9,13,19H,1-2H3,(H,16,17,18)/t9-,13-/m1/s1. The summed E-state index contributed by atoms with van der Waals surface area (Å²) in [5, 5.41) is 13.8. The van der Waals surface area contributed by atoms with Crippen molar-refractivity contribution in [2.45, 2.75) is 19.1 Å². The van der Waals surface area contributed by atoms with E-state index in [0.717, 1.165) is 11.3 Å². The van der Waals surface area contributed by atoms with E-state index in [2.05, 4.69) is 15.3 Å². The number of nitrogens with one attached hydrogen (secondary N) is 1. The fraction of sp³-hybridized carbons (Fsp3) is 0.286. The van der Waals surface area contributed by atoms with Crippen molar-refractivity contribution in [2.75, 3.05) is 12.4 Å². The van der Waals surface area contributed by atoms with Gasteiger partial charge in [0, 0.05) is 0 Å². The van der Waals surface area contributed by atoms with Gasteiger partial charge in [-0.1, -0.05) is 23.7 Å². The van der Waals surface area contributed by atoms with Crippen LogP contribution in [0, 0.1) is 0 Å². The number of hydrogen-bond acceptors (Lipinski definition) is 5. The summed E-state index contributed by atoms with van der Waals surface area (Å²) in [6, 6.07) is 7.02. The van der Waals surface area contributed by atoms with Crippen molar-refractivity contribution in [1.82, 2.24) is 9.97 Å². The van der Waals surface area contributed by atoms with Crippen LogP contribution in [-0.4, -0.2) is 28.2 Å². The summed E-state index contributed by atoms with van der Waals surface area (Å²) >= 11 is 5.72. The summed E-state index contributed by atoms with van der Waals surface area (Å²) in [7, 11) is 1.60. The zero-order valence-corrected chi connectivity index (χ0v) is 12.0. The molecule has 2 aromatic rings. The van der Waals surface area contributed by atoms with E-state index in [9.17, 15) is 5.11 Å². The molecule has 6 heteroatoms.